The minimum atomic E-state index is -0.676. The van der Waals surface area contributed by atoms with Crippen LogP contribution >= 0.6 is 0 Å². The Bertz CT molecular complexity index is 656. The molecule has 3 heteroatoms. The van der Waals surface area contributed by atoms with Gasteiger partial charge in [0.15, 0.2) is 0 Å². The second-order valence-electron chi connectivity index (χ2n) is 11.7. The molecule has 0 aromatic heterocycles. The highest BCUT2D eigenvalue weighted by atomic mass is 16.4. The van der Waals surface area contributed by atoms with E-state index in [9.17, 15) is 9.59 Å². The number of fused-ring (bicyclic) bond motifs is 5. The molecule has 0 amide bonds. The van der Waals surface area contributed by atoms with Gasteiger partial charge in [0.05, 0.1) is 0 Å². The van der Waals surface area contributed by atoms with Crippen LogP contribution in [0.5, 0.6) is 0 Å². The van der Waals surface area contributed by atoms with Crippen LogP contribution in [0.2, 0.25) is 0 Å². The van der Waals surface area contributed by atoms with Crippen molar-refractivity contribution in [2.24, 2.45) is 52.3 Å². The number of ketones is 1. The third kappa shape index (κ3) is 3.21. The molecular formula is C26H42O3. The number of carbonyl (C=O) groups excluding carboxylic acids is 1. The highest BCUT2D eigenvalue weighted by molar-refractivity contribution is 5.86. The van der Waals surface area contributed by atoms with Crippen LogP contribution in [0, 0.1) is 52.3 Å². The lowest BCUT2D eigenvalue weighted by molar-refractivity contribution is -0.168. The van der Waals surface area contributed by atoms with Crippen LogP contribution in [0.1, 0.15) is 98.3 Å². The van der Waals surface area contributed by atoms with Gasteiger partial charge in [-0.25, -0.2) is 0 Å². The van der Waals surface area contributed by atoms with Crippen LogP contribution in [0.3, 0.4) is 0 Å². The third-order valence-electron chi connectivity index (χ3n) is 10.6. The van der Waals surface area contributed by atoms with Gasteiger partial charge in [-0.2, -0.15) is 0 Å². The fourth-order valence-electron chi connectivity index (χ4n) is 9.24. The number of carbonyl (C=O) groups is 2. The molecule has 164 valence electrons. The Hall–Kier alpha value is -0.860. The lowest BCUT2D eigenvalue weighted by Gasteiger charge is -2.62. The molecule has 0 heterocycles. The number of aliphatic carboxylic acids is 1. The Balaban J connectivity index is 1.62. The van der Waals surface area contributed by atoms with Crippen molar-refractivity contribution >= 4 is 11.8 Å². The van der Waals surface area contributed by atoms with E-state index in [2.05, 4.69) is 27.7 Å². The maximum Gasteiger partial charge on any atom is 0.303 e. The fourth-order valence-corrected chi connectivity index (χ4v) is 9.24. The van der Waals surface area contributed by atoms with Crippen molar-refractivity contribution in [1.29, 1.82) is 0 Å². The molecule has 0 bridgehead atoms. The van der Waals surface area contributed by atoms with Gasteiger partial charge in [0.1, 0.15) is 5.78 Å². The molecule has 0 aliphatic heterocycles. The lowest BCUT2D eigenvalue weighted by Crippen LogP contribution is -2.59. The van der Waals surface area contributed by atoms with Crippen molar-refractivity contribution in [3.05, 3.63) is 0 Å². The van der Waals surface area contributed by atoms with Gasteiger partial charge in [-0.3, -0.25) is 9.59 Å². The van der Waals surface area contributed by atoms with E-state index in [-0.39, 0.29) is 23.7 Å². The van der Waals surface area contributed by atoms with Crippen LogP contribution in [0.25, 0.3) is 0 Å². The zero-order valence-electron chi connectivity index (χ0n) is 19.1. The molecule has 5 unspecified atom stereocenters. The molecule has 29 heavy (non-hydrogen) atoms. The van der Waals surface area contributed by atoms with E-state index in [0.717, 1.165) is 12.8 Å². The van der Waals surface area contributed by atoms with Gasteiger partial charge in [-0.1, -0.05) is 40.5 Å². The summed E-state index contributed by atoms with van der Waals surface area (Å²) in [5, 5.41) is 9.14. The van der Waals surface area contributed by atoms with Crippen LogP contribution in [-0.2, 0) is 9.59 Å². The van der Waals surface area contributed by atoms with Crippen LogP contribution in [0.15, 0.2) is 0 Å². The summed E-state index contributed by atoms with van der Waals surface area (Å²) in [6, 6.07) is 0. The number of Topliss-reactive ketones (excluding diaryl/α,β-unsaturated/α-hetero) is 1. The zero-order valence-corrected chi connectivity index (χ0v) is 19.1. The van der Waals surface area contributed by atoms with Crippen LogP contribution < -0.4 is 0 Å². The number of carboxylic acid groups (broad SMARTS) is 1. The monoisotopic (exact) mass is 402 g/mol. The van der Waals surface area contributed by atoms with Crippen molar-refractivity contribution in [3.63, 3.8) is 0 Å². The molecule has 0 saturated heterocycles. The molecule has 4 rings (SSSR count). The first-order valence-electron chi connectivity index (χ1n) is 12.5. The molecular weight excluding hydrogens is 360 g/mol. The predicted octanol–water partition coefficient (Wildman–Crippen LogP) is 6.35. The standard InChI is InChI=1S/C26H42O3/c1-5-17-19-8-6-7-14-25(19,3)21-13-15-26(4)18(16(2)9-12-22(27)28)10-11-20(26)23(21)24(17)29/h16-21,23H,5-15H2,1-4H3,(H,27,28)/t16-,17-,18?,19?,20?,21?,23?,25+,26-/m1/s1. The summed E-state index contributed by atoms with van der Waals surface area (Å²) in [5.41, 5.74) is 0.594. The predicted molar refractivity (Wildman–Crippen MR) is 115 cm³/mol. The molecule has 9 atom stereocenters. The highest BCUT2D eigenvalue weighted by Crippen LogP contribution is 2.68. The smallest absolute Gasteiger partial charge is 0.303 e. The van der Waals surface area contributed by atoms with Gasteiger partial charge in [0, 0.05) is 18.3 Å². The van der Waals surface area contributed by atoms with Gasteiger partial charge in [-0.15, -0.1) is 0 Å². The normalized spacial score (nSPS) is 47.8. The molecule has 4 aliphatic rings. The first-order valence-corrected chi connectivity index (χ1v) is 12.5. The summed E-state index contributed by atoms with van der Waals surface area (Å²) in [4.78, 5) is 25.0. The van der Waals surface area contributed by atoms with E-state index in [0.29, 0.717) is 40.8 Å². The third-order valence-corrected chi connectivity index (χ3v) is 10.6. The highest BCUT2D eigenvalue weighted by Gasteiger charge is 2.64. The minimum Gasteiger partial charge on any atom is -0.481 e. The van der Waals surface area contributed by atoms with E-state index in [4.69, 9.17) is 5.11 Å². The molecule has 0 aromatic carbocycles. The summed E-state index contributed by atoms with van der Waals surface area (Å²) in [6.45, 7) is 9.52. The SMILES string of the molecule is CC[C@H]1C(=O)C2C3CCC([C@H](C)CCC(=O)O)[C@@]3(C)CCC2[C@@]2(C)CCCCC12. The molecule has 1 N–H and O–H groups in total. The largest absolute Gasteiger partial charge is 0.481 e. The first-order chi connectivity index (χ1) is 13.7. The number of hydrogen-bond donors (Lipinski definition) is 1. The summed E-state index contributed by atoms with van der Waals surface area (Å²) in [6.07, 6.45) is 12.2. The van der Waals surface area contributed by atoms with Gasteiger partial charge in [0.2, 0.25) is 0 Å². The van der Waals surface area contributed by atoms with E-state index in [1.807, 2.05) is 0 Å². The molecule has 0 radical (unpaired) electrons. The van der Waals surface area contributed by atoms with Crippen molar-refractivity contribution in [3.8, 4) is 0 Å². The van der Waals surface area contributed by atoms with E-state index in [1.165, 1.54) is 51.4 Å². The molecule has 4 saturated carbocycles. The van der Waals surface area contributed by atoms with Gasteiger partial charge in [-0.05, 0) is 91.8 Å². The van der Waals surface area contributed by atoms with Gasteiger partial charge in [0.25, 0.3) is 0 Å². The summed E-state index contributed by atoms with van der Waals surface area (Å²) in [5.74, 6) is 3.26. The summed E-state index contributed by atoms with van der Waals surface area (Å²) >= 11 is 0. The van der Waals surface area contributed by atoms with Gasteiger partial charge < -0.3 is 5.11 Å². The number of hydrogen-bond acceptors (Lipinski definition) is 2. The van der Waals surface area contributed by atoms with Crippen molar-refractivity contribution in [2.45, 2.75) is 98.3 Å². The number of rotatable bonds is 5. The van der Waals surface area contributed by atoms with E-state index < -0.39 is 5.97 Å². The van der Waals surface area contributed by atoms with Crippen molar-refractivity contribution in [2.75, 3.05) is 0 Å². The lowest BCUT2D eigenvalue weighted by atomic mass is 9.42. The molecule has 3 nitrogen and oxygen atoms in total. The maximum absolute atomic E-state index is 13.9. The second kappa shape index (κ2) is 7.68. The van der Waals surface area contributed by atoms with Crippen LogP contribution in [-0.4, -0.2) is 16.9 Å². The zero-order chi connectivity index (χ0) is 21.0. The first kappa shape index (κ1) is 21.4. The van der Waals surface area contributed by atoms with E-state index in [1.54, 1.807) is 0 Å². The molecule has 4 fully saturated rings. The average Bonchev–Trinajstić information content (AvgIpc) is 3.04. The number of carboxylic acids is 1. The topological polar surface area (TPSA) is 54.4 Å². The maximum atomic E-state index is 13.9. The van der Waals surface area contributed by atoms with E-state index >= 15 is 0 Å². The Kier molecular flexibility index (Phi) is 5.66. The minimum absolute atomic E-state index is 0.227. The quantitative estimate of drug-likeness (QED) is 0.583. The Morgan fingerprint density at radius 3 is 2.45 bits per heavy atom. The Labute approximate surface area is 177 Å². The summed E-state index contributed by atoms with van der Waals surface area (Å²) in [7, 11) is 0. The Morgan fingerprint density at radius 1 is 1.03 bits per heavy atom. The fraction of sp³-hybridized carbons (Fsp3) is 0.923. The second-order valence-corrected chi connectivity index (χ2v) is 11.7. The molecule has 0 aromatic rings. The van der Waals surface area contributed by atoms with Crippen molar-refractivity contribution < 1.29 is 14.7 Å². The average molecular weight is 403 g/mol. The summed E-state index contributed by atoms with van der Waals surface area (Å²) < 4.78 is 0. The Morgan fingerprint density at radius 2 is 1.76 bits per heavy atom. The van der Waals surface area contributed by atoms with Crippen molar-refractivity contribution in [1.82, 2.24) is 0 Å². The van der Waals surface area contributed by atoms with Crippen LogP contribution in [0.4, 0.5) is 0 Å². The molecule has 0 spiro atoms. The molecule has 4 aliphatic carbocycles. The van der Waals surface area contributed by atoms with Gasteiger partial charge >= 0.3 is 5.97 Å².